The molecule has 0 radical (unpaired) electrons. The SMILES string of the molecule is CNC(c1cc(C)cc(C)c1OC)C(C)CC(=O)O. The maximum Gasteiger partial charge on any atom is 0.303 e. The average molecular weight is 265 g/mol. The summed E-state index contributed by atoms with van der Waals surface area (Å²) in [4.78, 5) is 10.9. The molecule has 0 aliphatic carbocycles. The summed E-state index contributed by atoms with van der Waals surface area (Å²) < 4.78 is 5.48. The average Bonchev–Trinajstić information content (AvgIpc) is 2.28. The summed E-state index contributed by atoms with van der Waals surface area (Å²) in [6.45, 7) is 5.97. The van der Waals surface area contributed by atoms with Crippen molar-refractivity contribution in [3.05, 3.63) is 28.8 Å². The normalized spacial score (nSPS) is 13.9. The number of carbonyl (C=O) groups is 1. The molecule has 0 aliphatic rings. The summed E-state index contributed by atoms with van der Waals surface area (Å²) in [5.74, 6) is 0.0379. The molecule has 0 heterocycles. The molecule has 0 saturated carbocycles. The Kier molecular flexibility index (Phi) is 5.36. The van der Waals surface area contributed by atoms with Crippen molar-refractivity contribution in [1.29, 1.82) is 0 Å². The fraction of sp³-hybridized carbons (Fsp3) is 0.533. The molecular formula is C15H23NO3. The zero-order chi connectivity index (χ0) is 14.6. The molecule has 0 aromatic heterocycles. The van der Waals surface area contributed by atoms with Crippen molar-refractivity contribution in [2.45, 2.75) is 33.2 Å². The summed E-state index contributed by atoms with van der Waals surface area (Å²) in [5.41, 5.74) is 3.24. The van der Waals surface area contributed by atoms with Crippen LogP contribution in [0.15, 0.2) is 12.1 Å². The van der Waals surface area contributed by atoms with E-state index in [4.69, 9.17) is 9.84 Å². The molecule has 0 amide bonds. The lowest BCUT2D eigenvalue weighted by Crippen LogP contribution is -2.26. The van der Waals surface area contributed by atoms with E-state index in [9.17, 15) is 4.79 Å². The Labute approximate surface area is 114 Å². The molecule has 106 valence electrons. The van der Waals surface area contributed by atoms with E-state index in [1.807, 2.05) is 27.8 Å². The van der Waals surface area contributed by atoms with E-state index in [1.165, 1.54) is 0 Å². The van der Waals surface area contributed by atoms with E-state index < -0.39 is 5.97 Å². The molecule has 0 spiro atoms. The predicted octanol–water partition coefficient (Wildman–Crippen LogP) is 2.68. The monoisotopic (exact) mass is 265 g/mol. The molecule has 1 rings (SSSR count). The molecular weight excluding hydrogens is 242 g/mol. The third-order valence-corrected chi connectivity index (χ3v) is 3.36. The molecule has 0 bridgehead atoms. The Morgan fingerprint density at radius 2 is 2.05 bits per heavy atom. The summed E-state index contributed by atoms with van der Waals surface area (Å²) in [6, 6.07) is 4.09. The van der Waals surface area contributed by atoms with Gasteiger partial charge in [-0.25, -0.2) is 0 Å². The molecule has 2 unspecified atom stereocenters. The van der Waals surface area contributed by atoms with Gasteiger partial charge in [0.05, 0.1) is 7.11 Å². The highest BCUT2D eigenvalue weighted by atomic mass is 16.5. The third-order valence-electron chi connectivity index (χ3n) is 3.36. The van der Waals surface area contributed by atoms with Gasteiger partial charge in [-0.05, 0) is 32.4 Å². The van der Waals surface area contributed by atoms with Gasteiger partial charge in [0, 0.05) is 18.0 Å². The van der Waals surface area contributed by atoms with Crippen LogP contribution in [-0.2, 0) is 4.79 Å². The highest BCUT2D eigenvalue weighted by Crippen LogP contribution is 2.34. The second-order valence-corrected chi connectivity index (χ2v) is 5.05. The van der Waals surface area contributed by atoms with Crippen LogP contribution < -0.4 is 10.1 Å². The van der Waals surface area contributed by atoms with E-state index in [2.05, 4.69) is 17.4 Å². The first kappa shape index (κ1) is 15.5. The minimum absolute atomic E-state index is 0.0161. The van der Waals surface area contributed by atoms with Crippen LogP contribution in [0.5, 0.6) is 5.75 Å². The number of carboxylic acid groups (broad SMARTS) is 1. The Morgan fingerprint density at radius 1 is 1.42 bits per heavy atom. The third kappa shape index (κ3) is 3.70. The Morgan fingerprint density at radius 3 is 2.53 bits per heavy atom. The van der Waals surface area contributed by atoms with E-state index in [1.54, 1.807) is 7.11 Å². The maximum atomic E-state index is 10.9. The number of aryl methyl sites for hydroxylation is 2. The van der Waals surface area contributed by atoms with Gasteiger partial charge in [-0.15, -0.1) is 0 Å². The lowest BCUT2D eigenvalue weighted by molar-refractivity contribution is -0.138. The molecule has 4 heteroatoms. The minimum Gasteiger partial charge on any atom is -0.496 e. The fourth-order valence-electron chi connectivity index (χ4n) is 2.64. The smallest absolute Gasteiger partial charge is 0.303 e. The van der Waals surface area contributed by atoms with Crippen molar-refractivity contribution in [2.75, 3.05) is 14.2 Å². The number of hydrogen-bond donors (Lipinski definition) is 2. The molecule has 0 aliphatic heterocycles. The van der Waals surface area contributed by atoms with Crippen molar-refractivity contribution >= 4 is 5.97 Å². The molecule has 2 atom stereocenters. The van der Waals surface area contributed by atoms with Crippen molar-refractivity contribution < 1.29 is 14.6 Å². The number of ether oxygens (including phenoxy) is 1. The summed E-state index contributed by atoms with van der Waals surface area (Å²) in [5, 5.41) is 12.2. The van der Waals surface area contributed by atoms with Gasteiger partial charge in [0.1, 0.15) is 5.75 Å². The number of nitrogens with one attached hydrogen (secondary N) is 1. The number of hydrogen-bond acceptors (Lipinski definition) is 3. The molecule has 19 heavy (non-hydrogen) atoms. The van der Waals surface area contributed by atoms with Gasteiger partial charge < -0.3 is 15.2 Å². The van der Waals surface area contributed by atoms with Gasteiger partial charge >= 0.3 is 5.97 Å². The first-order chi connectivity index (χ1) is 8.90. The topological polar surface area (TPSA) is 58.6 Å². The summed E-state index contributed by atoms with van der Waals surface area (Å²) in [6.07, 6.45) is 0.127. The first-order valence-electron chi connectivity index (χ1n) is 6.44. The standard InChI is InChI=1S/C15H23NO3/c1-9-6-11(3)15(19-5)12(7-9)14(16-4)10(2)8-13(17)18/h6-7,10,14,16H,8H2,1-5H3,(H,17,18). The van der Waals surface area contributed by atoms with Crippen molar-refractivity contribution in [3.8, 4) is 5.75 Å². The van der Waals surface area contributed by atoms with Crippen LogP contribution in [0.4, 0.5) is 0 Å². The largest absolute Gasteiger partial charge is 0.496 e. The molecule has 1 aromatic rings. The van der Waals surface area contributed by atoms with Crippen LogP contribution in [0.1, 0.15) is 36.1 Å². The maximum absolute atomic E-state index is 10.9. The Hall–Kier alpha value is -1.55. The molecule has 0 fully saturated rings. The Balaban J connectivity index is 3.20. The first-order valence-corrected chi connectivity index (χ1v) is 6.44. The van der Waals surface area contributed by atoms with Gasteiger partial charge in [0.15, 0.2) is 0 Å². The van der Waals surface area contributed by atoms with Crippen LogP contribution in [0.3, 0.4) is 0 Å². The van der Waals surface area contributed by atoms with Crippen molar-refractivity contribution in [1.82, 2.24) is 5.32 Å². The number of rotatable bonds is 6. The molecule has 0 saturated heterocycles. The van der Waals surface area contributed by atoms with Gasteiger partial charge in [-0.3, -0.25) is 4.79 Å². The van der Waals surface area contributed by atoms with Gasteiger partial charge in [0.2, 0.25) is 0 Å². The van der Waals surface area contributed by atoms with Crippen LogP contribution in [-0.4, -0.2) is 25.2 Å². The lowest BCUT2D eigenvalue weighted by atomic mass is 9.89. The molecule has 1 aromatic carbocycles. The zero-order valence-corrected chi connectivity index (χ0v) is 12.3. The van der Waals surface area contributed by atoms with E-state index >= 15 is 0 Å². The lowest BCUT2D eigenvalue weighted by Gasteiger charge is -2.26. The fourth-order valence-corrected chi connectivity index (χ4v) is 2.64. The van der Waals surface area contributed by atoms with Crippen LogP contribution >= 0.6 is 0 Å². The highest BCUT2D eigenvalue weighted by molar-refractivity contribution is 5.67. The van der Waals surface area contributed by atoms with Crippen LogP contribution in [0, 0.1) is 19.8 Å². The van der Waals surface area contributed by atoms with Crippen LogP contribution in [0.25, 0.3) is 0 Å². The number of carboxylic acids is 1. The second kappa shape index (κ2) is 6.57. The van der Waals surface area contributed by atoms with E-state index in [0.717, 1.165) is 22.4 Å². The quantitative estimate of drug-likeness (QED) is 0.830. The van der Waals surface area contributed by atoms with Crippen molar-refractivity contribution in [3.63, 3.8) is 0 Å². The highest BCUT2D eigenvalue weighted by Gasteiger charge is 2.24. The summed E-state index contributed by atoms with van der Waals surface area (Å²) >= 11 is 0. The van der Waals surface area contributed by atoms with Crippen LogP contribution in [0.2, 0.25) is 0 Å². The number of methoxy groups -OCH3 is 1. The number of benzene rings is 1. The number of aliphatic carboxylic acids is 1. The summed E-state index contributed by atoms with van der Waals surface area (Å²) in [7, 11) is 3.50. The van der Waals surface area contributed by atoms with Gasteiger partial charge in [-0.2, -0.15) is 0 Å². The second-order valence-electron chi connectivity index (χ2n) is 5.05. The van der Waals surface area contributed by atoms with Crippen molar-refractivity contribution in [2.24, 2.45) is 5.92 Å². The van der Waals surface area contributed by atoms with Gasteiger partial charge in [0.25, 0.3) is 0 Å². The van der Waals surface area contributed by atoms with Gasteiger partial charge in [-0.1, -0.05) is 24.6 Å². The minimum atomic E-state index is -0.781. The molecule has 2 N–H and O–H groups in total. The predicted molar refractivity (Wildman–Crippen MR) is 75.7 cm³/mol. The zero-order valence-electron chi connectivity index (χ0n) is 12.3. The van der Waals surface area contributed by atoms with E-state index in [0.29, 0.717) is 0 Å². The molecule has 4 nitrogen and oxygen atoms in total. The van der Waals surface area contributed by atoms with E-state index in [-0.39, 0.29) is 18.4 Å². The Bertz CT molecular complexity index is 457.